The molecule has 0 aromatic carbocycles. The zero-order valence-corrected chi connectivity index (χ0v) is 22.3. The Kier molecular flexibility index (Phi) is 34.9. The predicted octanol–water partition coefficient (Wildman–Crippen LogP) is 9.38. The molecule has 0 aromatic rings. The van der Waals surface area contributed by atoms with Gasteiger partial charge >= 0.3 is 0 Å². The standard InChI is InChI=1S/C16H44Si5.6CH4/c1-10-20(8,11-2)16-21(9,12-3)14-17-13-19(6,7)15-18(4)5;;;;;;/h18H,10-17H2,1-9H3;6*1H4. The van der Waals surface area contributed by atoms with Gasteiger partial charge in [0.1, 0.15) is 0 Å². The van der Waals surface area contributed by atoms with Crippen LogP contribution in [0, 0.1) is 0 Å². The van der Waals surface area contributed by atoms with Crippen LogP contribution in [0.1, 0.15) is 65.3 Å². The average Bonchev–Trinajstić information content (AvgIpc) is 2.36. The van der Waals surface area contributed by atoms with Gasteiger partial charge in [-0.2, -0.15) is 0 Å². The van der Waals surface area contributed by atoms with E-state index in [0.29, 0.717) is 0 Å². The molecule has 176 valence electrons. The Hall–Kier alpha value is 1.08. The van der Waals surface area contributed by atoms with E-state index < -0.39 is 24.2 Å². The minimum absolute atomic E-state index is 0. The Balaban J connectivity index is -0.000000133. The highest BCUT2D eigenvalue weighted by Gasteiger charge is 2.35. The molecule has 0 radical (unpaired) electrons. The van der Waals surface area contributed by atoms with E-state index in [1.807, 2.05) is 0 Å². The third kappa shape index (κ3) is 20.1. The van der Waals surface area contributed by atoms with Crippen LogP contribution in [-0.2, 0) is 0 Å². The Morgan fingerprint density at radius 3 is 1.30 bits per heavy atom. The third-order valence-electron chi connectivity index (χ3n) is 6.01. The summed E-state index contributed by atoms with van der Waals surface area (Å²) in [5, 5.41) is 0. The van der Waals surface area contributed by atoms with E-state index in [4.69, 9.17) is 0 Å². The number of hydrogen-bond acceptors (Lipinski definition) is 0. The Labute approximate surface area is 187 Å². The van der Waals surface area contributed by atoms with E-state index in [9.17, 15) is 0 Å². The first-order valence-corrected chi connectivity index (χ1v) is 24.3. The molecule has 0 fully saturated rings. The summed E-state index contributed by atoms with van der Waals surface area (Å²) in [5.74, 6) is 0. The largest absolute Gasteiger partial charge is 0.0776 e. The van der Waals surface area contributed by atoms with Gasteiger partial charge in [0.15, 0.2) is 0 Å². The first kappa shape index (κ1) is 46.3. The number of hydrogen-bond donors (Lipinski definition) is 0. The highest BCUT2D eigenvalue weighted by atomic mass is 28.4. The van der Waals surface area contributed by atoms with Crippen molar-refractivity contribution in [1.82, 2.24) is 0 Å². The molecule has 0 aliphatic rings. The molecule has 0 heterocycles. The molecule has 0 saturated heterocycles. The molecular weight excluding hydrogens is 405 g/mol. The zero-order chi connectivity index (χ0) is 16.7. The van der Waals surface area contributed by atoms with E-state index in [-0.39, 0.29) is 62.9 Å². The van der Waals surface area contributed by atoms with Gasteiger partial charge in [0, 0.05) is 42.5 Å². The predicted molar refractivity (Wildman–Crippen MR) is 159 cm³/mol. The van der Waals surface area contributed by atoms with Gasteiger partial charge in [0.25, 0.3) is 0 Å². The van der Waals surface area contributed by atoms with Gasteiger partial charge in [-0.3, -0.25) is 0 Å². The van der Waals surface area contributed by atoms with Crippen LogP contribution in [0.15, 0.2) is 0 Å². The summed E-state index contributed by atoms with van der Waals surface area (Å²) in [5.41, 5.74) is 6.94. The van der Waals surface area contributed by atoms with Crippen molar-refractivity contribution in [2.75, 3.05) is 0 Å². The SMILES string of the molecule is C.C.C.C.C.C.CC[Si](C)(CC)C[Si](C)(CC)C[SiH2]C[Si](C)(C)C[SiH](C)C. The van der Waals surface area contributed by atoms with Crippen molar-refractivity contribution in [1.29, 1.82) is 0 Å². The highest BCUT2D eigenvalue weighted by molar-refractivity contribution is 7.00. The average molecular weight is 473 g/mol. The molecular formula is C22H68Si5. The van der Waals surface area contributed by atoms with Gasteiger partial charge in [0.2, 0.25) is 0 Å². The van der Waals surface area contributed by atoms with Crippen LogP contribution in [-0.4, -0.2) is 42.5 Å². The molecule has 1 unspecified atom stereocenters. The lowest BCUT2D eigenvalue weighted by Crippen LogP contribution is -2.44. The molecule has 0 bridgehead atoms. The summed E-state index contributed by atoms with van der Waals surface area (Å²) in [7, 11) is -2.65. The van der Waals surface area contributed by atoms with Crippen LogP contribution in [0.5, 0.6) is 0 Å². The second kappa shape index (κ2) is 20.4. The van der Waals surface area contributed by atoms with E-state index in [1.165, 1.54) is 12.1 Å². The lowest BCUT2D eigenvalue weighted by Gasteiger charge is -2.36. The van der Waals surface area contributed by atoms with E-state index in [1.54, 1.807) is 28.7 Å². The summed E-state index contributed by atoms with van der Waals surface area (Å²) in [6.07, 6.45) is 0. The van der Waals surface area contributed by atoms with Crippen LogP contribution < -0.4 is 0 Å². The van der Waals surface area contributed by atoms with Crippen molar-refractivity contribution in [3.63, 3.8) is 0 Å². The first-order valence-electron chi connectivity index (χ1n) is 9.51. The lowest BCUT2D eigenvalue weighted by atomic mass is 10.9. The maximum absolute atomic E-state index is 2.77. The molecule has 1 atom stereocenters. The minimum atomic E-state index is -0.883. The summed E-state index contributed by atoms with van der Waals surface area (Å²) in [6.45, 7) is 23.4. The van der Waals surface area contributed by atoms with Crippen molar-refractivity contribution in [3.05, 3.63) is 0 Å². The normalized spacial score (nSPS) is 13.1. The second-order valence-corrected chi connectivity index (χ2v) is 33.7. The first-order chi connectivity index (χ1) is 9.51. The molecule has 0 aliphatic carbocycles. The Morgan fingerprint density at radius 1 is 0.630 bits per heavy atom. The molecule has 0 aromatic heterocycles. The minimum Gasteiger partial charge on any atom is -0.0776 e. The van der Waals surface area contributed by atoms with Crippen molar-refractivity contribution in [2.24, 2.45) is 0 Å². The van der Waals surface area contributed by atoms with E-state index >= 15 is 0 Å². The van der Waals surface area contributed by atoms with Gasteiger partial charge in [-0.25, -0.2) is 0 Å². The molecule has 0 N–H and O–H groups in total. The summed E-state index contributed by atoms with van der Waals surface area (Å²) >= 11 is 0. The van der Waals surface area contributed by atoms with Crippen molar-refractivity contribution < 1.29 is 0 Å². The van der Waals surface area contributed by atoms with Crippen LogP contribution in [0.2, 0.25) is 80.1 Å². The van der Waals surface area contributed by atoms with E-state index in [0.717, 1.165) is 0 Å². The third-order valence-corrected chi connectivity index (χ3v) is 38.7. The summed E-state index contributed by atoms with van der Waals surface area (Å²) in [6, 6.07) is 4.60. The summed E-state index contributed by atoms with van der Waals surface area (Å²) in [4.78, 5) is 0. The zero-order valence-electron chi connectivity index (χ0n) is 16.7. The molecule has 0 saturated carbocycles. The van der Waals surface area contributed by atoms with Crippen LogP contribution >= 0.6 is 0 Å². The Morgan fingerprint density at radius 2 is 1.00 bits per heavy atom. The van der Waals surface area contributed by atoms with Crippen LogP contribution in [0.25, 0.3) is 0 Å². The van der Waals surface area contributed by atoms with Crippen LogP contribution in [0.4, 0.5) is 0 Å². The van der Waals surface area contributed by atoms with Gasteiger partial charge in [-0.1, -0.05) is 145 Å². The van der Waals surface area contributed by atoms with Gasteiger partial charge in [-0.15, -0.1) is 0 Å². The van der Waals surface area contributed by atoms with Gasteiger partial charge in [0.05, 0.1) is 0 Å². The molecule has 0 amide bonds. The van der Waals surface area contributed by atoms with Gasteiger partial charge < -0.3 is 0 Å². The number of rotatable bonds is 11. The Bertz CT molecular complexity index is 288. The molecule has 27 heavy (non-hydrogen) atoms. The molecule has 0 spiro atoms. The highest BCUT2D eigenvalue weighted by Crippen LogP contribution is 2.31. The van der Waals surface area contributed by atoms with Gasteiger partial charge in [-0.05, 0) is 0 Å². The quantitative estimate of drug-likeness (QED) is 0.262. The van der Waals surface area contributed by atoms with Crippen LogP contribution in [0.3, 0.4) is 0 Å². The van der Waals surface area contributed by atoms with Crippen molar-refractivity contribution in [3.8, 4) is 0 Å². The fourth-order valence-corrected chi connectivity index (χ4v) is 40.6. The molecule has 0 aliphatic heterocycles. The molecule has 0 nitrogen and oxygen atoms in total. The molecule has 5 heteroatoms. The maximum Gasteiger partial charge on any atom is 0.0473 e. The monoisotopic (exact) mass is 472 g/mol. The smallest absolute Gasteiger partial charge is 0.0473 e. The topological polar surface area (TPSA) is 0 Å². The van der Waals surface area contributed by atoms with Crippen molar-refractivity contribution >= 4 is 42.5 Å². The second-order valence-electron chi connectivity index (χ2n) is 9.47. The maximum atomic E-state index is 2.77. The fraction of sp³-hybridized carbons (Fsp3) is 1.00. The summed E-state index contributed by atoms with van der Waals surface area (Å²) < 4.78 is 0. The lowest BCUT2D eigenvalue weighted by molar-refractivity contribution is 1.20. The van der Waals surface area contributed by atoms with Crippen molar-refractivity contribution in [2.45, 2.75) is 145 Å². The van der Waals surface area contributed by atoms with E-state index in [2.05, 4.69) is 60.1 Å². The molecule has 0 rings (SSSR count). The fourth-order valence-electron chi connectivity index (χ4n) is 4.12.